The van der Waals surface area contributed by atoms with E-state index in [1.54, 1.807) is 0 Å². The number of Topliss-reactive ketones (excluding diaryl/α,β-unsaturated/α-hetero) is 1. The van der Waals surface area contributed by atoms with Crippen molar-refractivity contribution in [3.8, 4) is 0 Å². The zero-order valence-electron chi connectivity index (χ0n) is 21.9. The number of alkyl carbamates (subject to hydrolysis) is 1. The molecule has 0 bridgehead atoms. The van der Waals surface area contributed by atoms with Gasteiger partial charge in [0.15, 0.2) is 5.78 Å². The molecule has 3 amide bonds. The van der Waals surface area contributed by atoms with E-state index >= 15 is 0 Å². The predicted octanol–water partition coefficient (Wildman–Crippen LogP) is 2.75. The lowest BCUT2D eigenvalue weighted by atomic mass is 9.81. The molecule has 4 atom stereocenters. The Bertz CT molecular complexity index is 1140. The van der Waals surface area contributed by atoms with E-state index in [2.05, 4.69) is 16.0 Å². The normalized spacial score (nSPS) is 18.3. The van der Waals surface area contributed by atoms with E-state index in [9.17, 15) is 24.0 Å². The van der Waals surface area contributed by atoms with Gasteiger partial charge in [0.05, 0.1) is 6.04 Å². The van der Waals surface area contributed by atoms with Crippen molar-refractivity contribution in [1.29, 1.82) is 0 Å². The second-order valence-electron chi connectivity index (χ2n) is 9.71. The minimum absolute atomic E-state index is 0.0140. The summed E-state index contributed by atoms with van der Waals surface area (Å²) in [5.74, 6) is -2.67. The Hall–Kier alpha value is -4.21. The van der Waals surface area contributed by atoms with Crippen LogP contribution in [-0.2, 0) is 36.9 Å². The van der Waals surface area contributed by atoms with Crippen LogP contribution in [0.5, 0.6) is 0 Å². The predicted molar refractivity (Wildman–Crippen MR) is 142 cm³/mol. The Morgan fingerprint density at radius 3 is 2.23 bits per heavy atom. The summed E-state index contributed by atoms with van der Waals surface area (Å²) >= 11 is 0. The molecule has 39 heavy (non-hydrogen) atoms. The highest BCUT2D eigenvalue weighted by molar-refractivity contribution is 5.94. The first-order chi connectivity index (χ1) is 18.7. The summed E-state index contributed by atoms with van der Waals surface area (Å²) in [4.78, 5) is 61.9. The summed E-state index contributed by atoms with van der Waals surface area (Å²) in [6, 6.07) is 15.7. The number of ether oxygens (including phenoxy) is 1. The number of hydrogen-bond acceptors (Lipinski definition) is 6. The van der Waals surface area contributed by atoms with Crippen LogP contribution in [0.3, 0.4) is 0 Å². The van der Waals surface area contributed by atoms with Gasteiger partial charge in [0.1, 0.15) is 18.7 Å². The van der Waals surface area contributed by atoms with Crippen molar-refractivity contribution in [3.05, 3.63) is 71.8 Å². The molecule has 10 heteroatoms. The highest BCUT2D eigenvalue weighted by Gasteiger charge is 2.34. The van der Waals surface area contributed by atoms with Gasteiger partial charge in [-0.3, -0.25) is 19.2 Å². The van der Waals surface area contributed by atoms with Crippen molar-refractivity contribution >= 4 is 29.7 Å². The van der Waals surface area contributed by atoms with Crippen molar-refractivity contribution < 1.29 is 33.8 Å². The van der Waals surface area contributed by atoms with Crippen LogP contribution < -0.4 is 16.0 Å². The Balaban J connectivity index is 1.59. The quantitative estimate of drug-likeness (QED) is 0.325. The average molecular weight is 538 g/mol. The maximum atomic E-state index is 13.3. The summed E-state index contributed by atoms with van der Waals surface area (Å²) in [6.07, 6.45) is 1.47. The lowest BCUT2D eigenvalue weighted by Gasteiger charge is -2.30. The molecule has 0 saturated heterocycles. The minimum Gasteiger partial charge on any atom is -0.480 e. The molecule has 1 saturated carbocycles. The molecule has 3 rings (SSSR count). The fraction of sp³-hybridized carbons (Fsp3) is 0.414. The van der Waals surface area contributed by atoms with E-state index < -0.39 is 47.9 Å². The molecule has 0 heterocycles. The molecule has 0 aromatic heterocycles. The smallest absolute Gasteiger partial charge is 0.408 e. The number of carbonyl (C=O) groups excluding carboxylic acids is 4. The van der Waals surface area contributed by atoms with Gasteiger partial charge in [-0.2, -0.15) is 0 Å². The lowest BCUT2D eigenvalue weighted by molar-refractivity contribution is -0.141. The van der Waals surface area contributed by atoms with Crippen LogP contribution in [0, 0.1) is 5.92 Å². The Labute approximate surface area is 227 Å². The van der Waals surface area contributed by atoms with E-state index in [1.807, 2.05) is 60.7 Å². The van der Waals surface area contributed by atoms with Crippen LogP contribution in [-0.4, -0.2) is 52.9 Å². The zero-order valence-corrected chi connectivity index (χ0v) is 21.9. The summed E-state index contributed by atoms with van der Waals surface area (Å²) in [5.41, 5.74) is 1.64. The van der Waals surface area contributed by atoms with Crippen LogP contribution in [0.25, 0.3) is 0 Å². The number of carboxylic acids is 1. The maximum Gasteiger partial charge on any atom is 0.408 e. The van der Waals surface area contributed by atoms with E-state index in [-0.39, 0.29) is 31.7 Å². The van der Waals surface area contributed by atoms with Crippen LogP contribution in [0.15, 0.2) is 60.7 Å². The summed E-state index contributed by atoms with van der Waals surface area (Å²) in [6.45, 7) is 1.42. The highest BCUT2D eigenvalue weighted by Crippen LogP contribution is 2.25. The minimum atomic E-state index is -1.14. The first-order valence-corrected chi connectivity index (χ1v) is 13.1. The summed E-state index contributed by atoms with van der Waals surface area (Å²) in [5, 5.41) is 16.8. The molecule has 4 N–H and O–H groups in total. The number of nitrogens with one attached hydrogen (secondary N) is 3. The lowest BCUT2D eigenvalue weighted by Crippen LogP contribution is -2.54. The SMILES string of the molecule is C[C@H](NC(=O)CC[C@H]1CCC[C@@H](NC(=O)[C@H](Cc2ccccc2)NC(=O)OCc2ccccc2)C1=O)C(=O)O. The van der Waals surface area contributed by atoms with Crippen molar-refractivity contribution in [2.24, 2.45) is 5.92 Å². The van der Waals surface area contributed by atoms with Gasteiger partial charge in [-0.05, 0) is 37.3 Å². The van der Waals surface area contributed by atoms with Crippen LogP contribution in [0.1, 0.15) is 50.2 Å². The fourth-order valence-corrected chi connectivity index (χ4v) is 4.49. The third-order valence-electron chi connectivity index (χ3n) is 6.68. The van der Waals surface area contributed by atoms with Crippen molar-refractivity contribution in [1.82, 2.24) is 16.0 Å². The van der Waals surface area contributed by atoms with Crippen molar-refractivity contribution in [2.75, 3.05) is 0 Å². The standard InChI is InChI=1S/C29H35N3O7/c1-19(28(36)37)30-25(33)16-15-22-13-8-14-23(26(22)34)31-27(35)24(17-20-9-4-2-5-10-20)32-29(38)39-18-21-11-6-3-7-12-21/h2-7,9-12,19,22-24H,8,13-18H2,1H3,(H,30,33)(H,31,35)(H,32,38)(H,36,37)/t19-,22+,23+,24-/m0/s1. The molecule has 0 radical (unpaired) electrons. The molecule has 0 aliphatic heterocycles. The van der Waals surface area contributed by atoms with E-state index in [0.29, 0.717) is 19.3 Å². The molecule has 1 aliphatic rings. The third-order valence-corrected chi connectivity index (χ3v) is 6.68. The number of aliphatic carboxylic acids is 1. The van der Waals surface area contributed by atoms with Crippen LogP contribution >= 0.6 is 0 Å². The summed E-state index contributed by atoms with van der Waals surface area (Å²) < 4.78 is 5.30. The number of hydrogen-bond donors (Lipinski definition) is 4. The molecular formula is C29H35N3O7. The molecule has 208 valence electrons. The number of carbonyl (C=O) groups is 5. The molecule has 10 nitrogen and oxygen atoms in total. The van der Waals surface area contributed by atoms with Gasteiger partial charge in [0.2, 0.25) is 11.8 Å². The van der Waals surface area contributed by atoms with Gasteiger partial charge in [-0.25, -0.2) is 4.79 Å². The van der Waals surface area contributed by atoms with Crippen LogP contribution in [0.2, 0.25) is 0 Å². The van der Waals surface area contributed by atoms with Gasteiger partial charge in [-0.15, -0.1) is 0 Å². The van der Waals surface area contributed by atoms with Crippen LogP contribution in [0.4, 0.5) is 4.79 Å². The molecule has 1 fully saturated rings. The molecule has 2 aromatic carbocycles. The monoisotopic (exact) mass is 537 g/mol. The molecule has 1 aliphatic carbocycles. The first kappa shape index (κ1) is 29.3. The van der Waals surface area contributed by atoms with Crippen molar-refractivity contribution in [3.63, 3.8) is 0 Å². The van der Waals surface area contributed by atoms with E-state index in [1.165, 1.54) is 6.92 Å². The second-order valence-corrected chi connectivity index (χ2v) is 9.71. The van der Waals surface area contributed by atoms with E-state index in [0.717, 1.165) is 11.1 Å². The Morgan fingerprint density at radius 1 is 0.949 bits per heavy atom. The van der Waals surface area contributed by atoms with Gasteiger partial charge < -0.3 is 25.8 Å². The van der Waals surface area contributed by atoms with Gasteiger partial charge in [-0.1, -0.05) is 67.1 Å². The van der Waals surface area contributed by atoms with Gasteiger partial charge >= 0.3 is 12.1 Å². The largest absolute Gasteiger partial charge is 0.480 e. The number of benzene rings is 2. The zero-order chi connectivity index (χ0) is 28.2. The third kappa shape index (κ3) is 9.55. The fourth-order valence-electron chi connectivity index (χ4n) is 4.49. The number of rotatable bonds is 12. The Morgan fingerprint density at radius 2 is 1.59 bits per heavy atom. The number of ketones is 1. The topological polar surface area (TPSA) is 151 Å². The maximum absolute atomic E-state index is 13.3. The molecule has 2 aromatic rings. The Kier molecular flexibility index (Phi) is 11.0. The van der Waals surface area contributed by atoms with Gasteiger partial charge in [0, 0.05) is 18.8 Å². The highest BCUT2D eigenvalue weighted by atomic mass is 16.5. The summed E-state index contributed by atoms with van der Waals surface area (Å²) in [7, 11) is 0. The van der Waals surface area contributed by atoms with Gasteiger partial charge in [0.25, 0.3) is 0 Å². The first-order valence-electron chi connectivity index (χ1n) is 13.1. The molecular weight excluding hydrogens is 502 g/mol. The number of carboxylic acid groups (broad SMARTS) is 1. The van der Waals surface area contributed by atoms with Crippen molar-refractivity contribution in [2.45, 2.75) is 70.2 Å². The molecule has 0 unspecified atom stereocenters. The second kappa shape index (κ2) is 14.7. The van der Waals surface area contributed by atoms with E-state index in [4.69, 9.17) is 9.84 Å². The number of amides is 3. The molecule has 0 spiro atoms. The average Bonchev–Trinajstić information content (AvgIpc) is 2.93.